The van der Waals surface area contributed by atoms with E-state index >= 15 is 0 Å². The minimum absolute atomic E-state index is 0.458. The monoisotopic (exact) mass is 486 g/mol. The van der Waals surface area contributed by atoms with Crippen molar-refractivity contribution in [2.24, 2.45) is 0 Å². The zero-order valence-electron chi connectivity index (χ0n) is 12.6. The fourth-order valence-electron chi connectivity index (χ4n) is 2.42. The van der Waals surface area contributed by atoms with Gasteiger partial charge in [0.25, 0.3) is 6.23 Å². The van der Waals surface area contributed by atoms with Crippen LogP contribution < -0.4 is 5.32 Å². The molecule has 0 aliphatic carbocycles. The van der Waals surface area contributed by atoms with Gasteiger partial charge in [-0.3, -0.25) is 0 Å². The van der Waals surface area contributed by atoms with E-state index in [1.54, 1.807) is 18.8 Å². The van der Waals surface area contributed by atoms with E-state index in [4.69, 9.17) is 10.6 Å². The van der Waals surface area contributed by atoms with E-state index in [9.17, 15) is 0 Å². The fourth-order valence-corrected chi connectivity index (χ4v) is 2.42. The minimum atomic E-state index is 0.458. The van der Waals surface area contributed by atoms with E-state index in [1.165, 1.54) is 45.2 Å². The Bertz CT molecular complexity index is 215. The van der Waals surface area contributed by atoms with Crippen LogP contribution in [0.2, 0.25) is 0 Å². The number of quaternary nitrogens is 1. The molecule has 125 valence electrons. The van der Waals surface area contributed by atoms with Crippen molar-refractivity contribution in [1.82, 2.24) is 5.32 Å². The Hall–Kier alpha value is 0.818. The molecule has 4 nitrogen and oxygen atoms in total. The Balaban J connectivity index is 0.000000521. The molecule has 0 aromatic rings. The summed E-state index contributed by atoms with van der Waals surface area (Å²) in [6.45, 7) is 10.8. The van der Waals surface area contributed by atoms with Gasteiger partial charge >= 0.3 is 28.2 Å². The Kier molecular flexibility index (Phi) is 14.0. The molecule has 2 aliphatic rings. The topological polar surface area (TPSA) is 48.4 Å². The predicted molar refractivity (Wildman–Crippen MR) is 81.5 cm³/mol. The van der Waals surface area contributed by atoms with Crippen molar-refractivity contribution >= 4 is 9.42 Å². The molecule has 0 aromatic carbocycles. The second-order valence-corrected chi connectivity index (χ2v) is 5.16. The zero-order chi connectivity index (χ0) is 15.3. The molecule has 0 aromatic heterocycles. The molecule has 1 unspecified atom stereocenters. The van der Waals surface area contributed by atoms with E-state index in [2.05, 4.69) is 28.6 Å². The number of halogens is 1. The van der Waals surface area contributed by atoms with Gasteiger partial charge in [-0.15, -0.1) is 9.48 Å². The molecule has 0 amide bonds. The molecular formula is C14H30ClN3OPt-. The maximum absolute atomic E-state index is 6.39. The summed E-state index contributed by atoms with van der Waals surface area (Å²) in [5, 5.41) is 3.38. The van der Waals surface area contributed by atoms with Crippen molar-refractivity contribution < 1.29 is 28.3 Å². The summed E-state index contributed by atoms with van der Waals surface area (Å²) < 4.78 is 0.971. The third kappa shape index (κ3) is 8.31. The normalized spacial score (nSPS) is 22.4. The van der Waals surface area contributed by atoms with E-state index in [0.717, 1.165) is 24.2 Å². The molecule has 2 saturated heterocycles. The number of nitrogens with one attached hydrogen (secondary N) is 2. The Morgan fingerprint density at radius 2 is 1.90 bits per heavy atom. The summed E-state index contributed by atoms with van der Waals surface area (Å²) in [5.74, 6) is 0. The van der Waals surface area contributed by atoms with Crippen LogP contribution in [0.1, 0.15) is 45.4 Å². The van der Waals surface area contributed by atoms with Crippen molar-refractivity contribution in [2.45, 2.75) is 51.7 Å². The first-order valence-corrected chi connectivity index (χ1v) is 10.4. The standard InChI is InChI=1S/C11H23N2O.C3H7N.ClH.Pt/c1-2-3-4-5-6-11-13(14-11)9-7-12-8-10-13;1-2-3-4;;/h11-12H,2-10H2,1H3;4H,1-3H2;1H;/q+1;-2;;+1/p-1. The third-order valence-electron chi connectivity index (χ3n) is 3.63. The van der Waals surface area contributed by atoms with Crippen LogP contribution in [0.3, 0.4) is 0 Å². The van der Waals surface area contributed by atoms with Gasteiger partial charge in [0.1, 0.15) is 13.1 Å². The van der Waals surface area contributed by atoms with Crippen LogP contribution >= 0.6 is 9.42 Å². The van der Waals surface area contributed by atoms with Gasteiger partial charge in [0.15, 0.2) is 0 Å². The van der Waals surface area contributed by atoms with E-state index < -0.39 is 0 Å². The molecule has 0 radical (unpaired) electrons. The number of rotatable bonds is 6. The molecule has 20 heavy (non-hydrogen) atoms. The summed E-state index contributed by atoms with van der Waals surface area (Å²) in [5.41, 5.74) is 6.39. The van der Waals surface area contributed by atoms with Gasteiger partial charge in [-0.1, -0.05) is 26.2 Å². The van der Waals surface area contributed by atoms with Gasteiger partial charge in [-0.2, -0.15) is 6.54 Å². The number of piperazine rings is 1. The molecule has 2 fully saturated rings. The Morgan fingerprint density at radius 1 is 1.30 bits per heavy atom. The van der Waals surface area contributed by atoms with Crippen molar-refractivity contribution in [3.63, 3.8) is 0 Å². The molecule has 2 heterocycles. The van der Waals surface area contributed by atoms with Crippen LogP contribution in [-0.4, -0.2) is 43.6 Å². The molecule has 2 N–H and O–H groups in total. The molecule has 0 saturated carbocycles. The van der Waals surface area contributed by atoms with Crippen LogP contribution in [0, 0.1) is 6.92 Å². The third-order valence-corrected chi connectivity index (χ3v) is 3.63. The molecule has 2 aliphatic heterocycles. The van der Waals surface area contributed by atoms with Gasteiger partial charge in [-0.05, 0) is 6.42 Å². The van der Waals surface area contributed by atoms with Crippen molar-refractivity contribution in [1.29, 1.82) is 0 Å². The Morgan fingerprint density at radius 3 is 2.40 bits per heavy atom. The number of hydroxylamine groups is 3. The average Bonchev–Trinajstić information content (AvgIpc) is 3.18. The summed E-state index contributed by atoms with van der Waals surface area (Å²) in [7, 11) is 4.61. The second-order valence-electron chi connectivity index (χ2n) is 5.16. The van der Waals surface area contributed by atoms with E-state index in [1.807, 2.05) is 0 Å². The summed E-state index contributed by atoms with van der Waals surface area (Å²) in [4.78, 5) is 5.82. The fraction of sp³-hybridized carbons (Fsp3) is 0.929. The van der Waals surface area contributed by atoms with E-state index in [0.29, 0.717) is 12.8 Å². The number of unbranched alkanes of at least 4 members (excludes halogenated alkanes) is 3. The first-order valence-electron chi connectivity index (χ1n) is 7.60. The van der Waals surface area contributed by atoms with Crippen molar-refractivity contribution in [2.75, 3.05) is 32.7 Å². The number of hydrogen-bond donors (Lipinski definition) is 1. The molecule has 0 bridgehead atoms. The quantitative estimate of drug-likeness (QED) is 0.270. The summed E-state index contributed by atoms with van der Waals surface area (Å²) >= 11 is 1.61. The van der Waals surface area contributed by atoms with Crippen LogP contribution in [0.25, 0.3) is 5.73 Å². The zero-order valence-corrected chi connectivity index (χ0v) is 15.6. The van der Waals surface area contributed by atoms with Crippen LogP contribution in [0.15, 0.2) is 0 Å². The van der Waals surface area contributed by atoms with Crippen LogP contribution in [-0.2, 0) is 23.6 Å². The van der Waals surface area contributed by atoms with Crippen LogP contribution in [0.4, 0.5) is 0 Å². The maximum atomic E-state index is 6.39. The molecule has 2 rings (SSSR count). The summed E-state index contributed by atoms with van der Waals surface area (Å²) in [6.07, 6.45) is 8.01. The van der Waals surface area contributed by atoms with Gasteiger partial charge in [0.2, 0.25) is 0 Å². The Labute approximate surface area is 140 Å². The molecule has 6 heteroatoms. The molecular weight excluding hydrogens is 457 g/mol. The van der Waals surface area contributed by atoms with Gasteiger partial charge in [0.05, 0.1) is 0 Å². The SMILES string of the molecule is CCCCCCC1O[N+]12CCNCC2.[CH2-]CC[NH-].[Cl][Pt]. The summed E-state index contributed by atoms with van der Waals surface area (Å²) in [6, 6.07) is 0. The first-order chi connectivity index (χ1) is 9.79. The first kappa shape index (κ1) is 20.8. The van der Waals surface area contributed by atoms with Gasteiger partial charge in [-0.25, -0.2) is 6.42 Å². The van der Waals surface area contributed by atoms with Crippen LogP contribution in [0.5, 0.6) is 0 Å². The second kappa shape index (κ2) is 13.5. The predicted octanol–water partition coefficient (Wildman–Crippen LogP) is 3.60. The number of hydrogen-bond acceptors (Lipinski definition) is 2. The molecule has 1 atom stereocenters. The van der Waals surface area contributed by atoms with Crippen molar-refractivity contribution in [3.8, 4) is 0 Å². The van der Waals surface area contributed by atoms with Crippen molar-refractivity contribution in [3.05, 3.63) is 12.7 Å². The average molecular weight is 487 g/mol. The molecule has 1 spiro atoms. The number of nitrogens with zero attached hydrogens (tertiary/aromatic N) is 1. The van der Waals surface area contributed by atoms with E-state index in [-0.39, 0.29) is 0 Å². The van der Waals surface area contributed by atoms with Gasteiger partial charge < -0.3 is 18.0 Å². The van der Waals surface area contributed by atoms with Gasteiger partial charge in [0, 0.05) is 19.5 Å².